The number of rotatable bonds is 8. The second-order valence-corrected chi connectivity index (χ2v) is 5.08. The predicted molar refractivity (Wildman–Crippen MR) is 72.0 cm³/mol. The summed E-state index contributed by atoms with van der Waals surface area (Å²) < 4.78 is 11.5. The third-order valence-corrected chi connectivity index (χ3v) is 2.75. The fraction of sp³-hybridized carbons (Fsp3) is 0.692. The average Bonchev–Trinajstić information content (AvgIpc) is 2.16. The van der Waals surface area contributed by atoms with Crippen molar-refractivity contribution in [3.8, 4) is 0 Å². The molecule has 0 aliphatic carbocycles. The molecule has 16 heavy (non-hydrogen) atoms. The molecule has 0 saturated heterocycles. The minimum atomic E-state index is -0.257. The van der Waals surface area contributed by atoms with Gasteiger partial charge in [-0.05, 0) is 34.1 Å². The zero-order valence-corrected chi connectivity index (χ0v) is 11.4. The first-order valence-corrected chi connectivity index (χ1v) is 5.87. The van der Waals surface area contributed by atoms with Gasteiger partial charge < -0.3 is 9.47 Å². The summed E-state index contributed by atoms with van der Waals surface area (Å²) in [5, 5.41) is 0. The van der Waals surface area contributed by atoms with Crippen LogP contribution in [0.15, 0.2) is 25.5 Å². The second kappa shape index (κ2) is 6.14. The minimum absolute atomic E-state index is 0.0597. The fourth-order valence-corrected chi connectivity index (χ4v) is 1.91. The lowest BCUT2D eigenvalue weighted by Gasteiger charge is -2.36. The van der Waals surface area contributed by atoms with Crippen LogP contribution in [0.5, 0.6) is 0 Å². The van der Waals surface area contributed by atoms with Gasteiger partial charge >= 0.3 is 0 Å². The van der Waals surface area contributed by atoms with Crippen LogP contribution in [0, 0.1) is 0 Å². The highest BCUT2D eigenvalue weighted by Gasteiger charge is 2.35. The first kappa shape index (κ1) is 15.3. The Kier molecular flexibility index (Phi) is 5.88. The highest BCUT2D eigenvalue weighted by molar-refractivity contribution is 6.43. The molecule has 0 aromatic heterocycles. The van der Waals surface area contributed by atoms with Crippen LogP contribution in [0.2, 0.25) is 0 Å². The zero-order chi connectivity index (χ0) is 12.8. The van der Waals surface area contributed by atoms with E-state index >= 15 is 0 Å². The Balaban J connectivity index is 4.57. The van der Waals surface area contributed by atoms with Crippen molar-refractivity contribution in [1.29, 1.82) is 0 Å². The lowest BCUT2D eigenvalue weighted by molar-refractivity contribution is -0.0105. The lowest BCUT2D eigenvalue weighted by atomic mass is 9.50. The molecule has 0 saturated carbocycles. The molecule has 3 heteroatoms. The van der Waals surface area contributed by atoms with Crippen molar-refractivity contribution in [2.75, 3.05) is 0 Å². The summed E-state index contributed by atoms with van der Waals surface area (Å²) in [7, 11) is 0.820. The van der Waals surface area contributed by atoms with Gasteiger partial charge in [0.1, 0.15) is 0 Å². The van der Waals surface area contributed by atoms with Crippen LogP contribution >= 0.6 is 0 Å². The van der Waals surface area contributed by atoms with Crippen molar-refractivity contribution in [2.24, 2.45) is 0 Å². The van der Waals surface area contributed by atoms with E-state index in [4.69, 9.17) is 9.47 Å². The Labute approximate surface area is 101 Å². The fourth-order valence-electron chi connectivity index (χ4n) is 1.91. The van der Waals surface area contributed by atoms with E-state index in [1.807, 2.05) is 26.8 Å². The molecule has 0 N–H and O–H groups in total. The summed E-state index contributed by atoms with van der Waals surface area (Å²) in [6, 6.07) is 0. The summed E-state index contributed by atoms with van der Waals surface area (Å²) in [6.45, 7) is 17.7. The summed E-state index contributed by atoms with van der Waals surface area (Å²) in [5.41, 5.74) is -0.451. The van der Waals surface area contributed by atoms with Crippen LogP contribution in [-0.4, -0.2) is 24.4 Å². The van der Waals surface area contributed by atoms with Gasteiger partial charge in [0.2, 0.25) is 7.28 Å². The van der Waals surface area contributed by atoms with Crippen molar-refractivity contribution in [3.63, 3.8) is 0 Å². The topological polar surface area (TPSA) is 18.5 Å². The van der Waals surface area contributed by atoms with E-state index in [1.54, 1.807) is 0 Å². The molecule has 2 atom stereocenters. The van der Waals surface area contributed by atoms with Crippen molar-refractivity contribution in [2.45, 2.75) is 58.1 Å². The van der Waals surface area contributed by atoms with Gasteiger partial charge in [0.25, 0.3) is 0 Å². The quantitative estimate of drug-likeness (QED) is 0.358. The summed E-state index contributed by atoms with van der Waals surface area (Å²) >= 11 is 0. The normalized spacial score (nSPS) is 17.1. The molecule has 0 fully saturated rings. The Morgan fingerprint density at radius 3 is 2.25 bits per heavy atom. The molecule has 2 nitrogen and oxygen atoms in total. The van der Waals surface area contributed by atoms with Crippen LogP contribution in [0.4, 0.5) is 0 Å². The molecule has 0 rings (SSSR count). The second-order valence-electron chi connectivity index (χ2n) is 5.08. The van der Waals surface area contributed by atoms with Crippen molar-refractivity contribution in [1.82, 2.24) is 0 Å². The first-order chi connectivity index (χ1) is 7.28. The summed E-state index contributed by atoms with van der Waals surface area (Å²) in [4.78, 5) is 0. The number of hydrogen-bond donors (Lipinski definition) is 0. The third-order valence-electron chi connectivity index (χ3n) is 2.75. The van der Waals surface area contributed by atoms with Crippen LogP contribution in [0.1, 0.15) is 41.0 Å². The Morgan fingerprint density at radius 1 is 1.31 bits per heavy atom. The van der Waals surface area contributed by atoms with Crippen LogP contribution in [-0.2, 0) is 9.47 Å². The lowest BCUT2D eigenvalue weighted by Crippen LogP contribution is -2.49. The monoisotopic (exact) mass is 224 g/mol. The Bertz CT molecular complexity index is 238. The third kappa shape index (κ3) is 5.41. The van der Waals surface area contributed by atoms with Gasteiger partial charge in [-0.3, -0.25) is 0 Å². The molecule has 0 aliphatic rings. The van der Waals surface area contributed by atoms with Gasteiger partial charge in [-0.25, -0.2) is 0 Å². The number of ether oxygens (including phenoxy) is 2. The van der Waals surface area contributed by atoms with E-state index < -0.39 is 0 Å². The molecule has 92 valence electrons. The van der Waals surface area contributed by atoms with E-state index in [1.165, 1.54) is 6.26 Å². The van der Waals surface area contributed by atoms with Gasteiger partial charge in [-0.2, -0.15) is 0 Å². The maximum absolute atomic E-state index is 5.99. The molecule has 0 bridgehead atoms. The molecule has 0 radical (unpaired) electrons. The van der Waals surface area contributed by atoms with Gasteiger partial charge in [-0.15, -0.1) is 6.58 Å². The highest BCUT2D eigenvalue weighted by atomic mass is 16.5. The van der Waals surface area contributed by atoms with Crippen LogP contribution in [0.25, 0.3) is 0 Å². The molecule has 0 aliphatic heterocycles. The largest absolute Gasteiger partial charge is 0.505 e. The predicted octanol–water partition coefficient (Wildman–Crippen LogP) is 3.04. The van der Waals surface area contributed by atoms with Gasteiger partial charge in [0.05, 0.1) is 17.9 Å². The van der Waals surface area contributed by atoms with Gasteiger partial charge in [0, 0.05) is 5.50 Å². The van der Waals surface area contributed by atoms with Gasteiger partial charge in [-0.1, -0.05) is 19.6 Å². The Hall–Kier alpha value is -0.695. The van der Waals surface area contributed by atoms with Crippen molar-refractivity contribution < 1.29 is 9.47 Å². The molecule has 0 aromatic rings. The molecule has 0 amide bonds. The maximum Gasteiger partial charge on any atom is 0.215 e. The molecular weight excluding hydrogens is 199 g/mol. The standard InChI is InChI=1S/C13H25BO2/c1-8-11(4)16-13(7,9-2)14-12(5,6)15-10-3/h8,10-11,14H,1,3,9H2,2,4-7H3. The smallest absolute Gasteiger partial charge is 0.215 e. The van der Waals surface area contributed by atoms with E-state index in [0.717, 1.165) is 13.7 Å². The zero-order valence-electron chi connectivity index (χ0n) is 11.4. The van der Waals surface area contributed by atoms with E-state index in [9.17, 15) is 0 Å². The molecule has 0 heterocycles. The number of hydrogen-bond acceptors (Lipinski definition) is 2. The van der Waals surface area contributed by atoms with Crippen molar-refractivity contribution in [3.05, 3.63) is 25.5 Å². The molecule has 0 aromatic carbocycles. The first-order valence-electron chi connectivity index (χ1n) is 5.87. The van der Waals surface area contributed by atoms with Gasteiger partial charge in [0.15, 0.2) is 0 Å². The molecule has 0 spiro atoms. The molecular formula is C13H25BO2. The van der Waals surface area contributed by atoms with E-state index in [2.05, 4.69) is 27.0 Å². The Morgan fingerprint density at radius 2 is 1.88 bits per heavy atom. The van der Waals surface area contributed by atoms with Crippen molar-refractivity contribution >= 4 is 7.28 Å². The SMILES string of the molecule is C=COC(C)(C)BC(C)(CC)OC(C)C=C. The molecule has 2 unspecified atom stereocenters. The van der Waals surface area contributed by atoms with E-state index in [0.29, 0.717) is 0 Å². The van der Waals surface area contributed by atoms with Crippen LogP contribution in [0.3, 0.4) is 0 Å². The summed E-state index contributed by atoms with van der Waals surface area (Å²) in [6.07, 6.45) is 4.31. The average molecular weight is 224 g/mol. The summed E-state index contributed by atoms with van der Waals surface area (Å²) in [5.74, 6) is 0. The highest BCUT2D eigenvalue weighted by Crippen LogP contribution is 2.23. The van der Waals surface area contributed by atoms with Crippen LogP contribution < -0.4 is 0 Å². The minimum Gasteiger partial charge on any atom is -0.505 e. The maximum atomic E-state index is 5.99. The van der Waals surface area contributed by atoms with E-state index in [-0.39, 0.29) is 17.1 Å².